The Morgan fingerprint density at radius 3 is 2.32 bits per heavy atom. The van der Waals surface area contributed by atoms with Crippen LogP contribution in [0.2, 0.25) is 0 Å². The molecule has 0 radical (unpaired) electrons. The van der Waals surface area contributed by atoms with Crippen LogP contribution in [0.5, 0.6) is 0 Å². The molecule has 1 saturated heterocycles. The van der Waals surface area contributed by atoms with Crippen LogP contribution in [0.3, 0.4) is 0 Å². The summed E-state index contributed by atoms with van der Waals surface area (Å²) in [5.41, 5.74) is 0. The molecule has 19 heavy (non-hydrogen) atoms. The summed E-state index contributed by atoms with van der Waals surface area (Å²) in [7, 11) is 0. The molecule has 0 aromatic heterocycles. The van der Waals surface area contributed by atoms with E-state index in [1.165, 1.54) is 0 Å². The van der Waals surface area contributed by atoms with E-state index >= 15 is 0 Å². The smallest absolute Gasteiger partial charge is 0.237 e. The molecule has 0 aromatic carbocycles. The summed E-state index contributed by atoms with van der Waals surface area (Å²) in [6, 6.07) is 0.732. The summed E-state index contributed by atoms with van der Waals surface area (Å²) in [5.74, 6) is -0.173. The second-order valence-electron chi connectivity index (χ2n) is 6.05. The minimum atomic E-state index is -0.308. The van der Waals surface area contributed by atoms with Gasteiger partial charge in [0.15, 0.2) is 5.79 Å². The van der Waals surface area contributed by atoms with E-state index in [4.69, 9.17) is 9.47 Å². The Hall–Kier alpha value is -0.650. The predicted molar refractivity (Wildman–Crippen MR) is 70.7 cm³/mol. The number of amides is 1. The molecule has 1 unspecified atom stereocenters. The van der Waals surface area contributed by atoms with Crippen LogP contribution in [0.15, 0.2) is 0 Å². The van der Waals surface area contributed by atoms with E-state index < -0.39 is 0 Å². The van der Waals surface area contributed by atoms with Crippen molar-refractivity contribution in [3.63, 3.8) is 0 Å². The average molecular weight is 268 g/mol. The summed E-state index contributed by atoms with van der Waals surface area (Å²) >= 11 is 0. The molecule has 5 nitrogen and oxygen atoms in total. The minimum absolute atomic E-state index is 0.106. The van der Waals surface area contributed by atoms with E-state index in [1.807, 2.05) is 6.92 Å². The number of hydrogen-bond acceptors (Lipinski definition) is 4. The Morgan fingerprint density at radius 1 is 1.11 bits per heavy atom. The van der Waals surface area contributed by atoms with Crippen molar-refractivity contribution in [2.75, 3.05) is 13.2 Å². The van der Waals surface area contributed by atoms with Gasteiger partial charge in [0.2, 0.25) is 5.91 Å². The molecule has 1 spiro atoms. The molecule has 2 aliphatic carbocycles. The van der Waals surface area contributed by atoms with E-state index in [0.29, 0.717) is 12.1 Å². The zero-order valence-electron chi connectivity index (χ0n) is 11.6. The first-order valence-electron chi connectivity index (χ1n) is 7.51. The number of ether oxygens (including phenoxy) is 2. The molecule has 2 N–H and O–H groups in total. The fraction of sp³-hybridized carbons (Fsp3) is 0.929. The lowest BCUT2D eigenvalue weighted by Crippen LogP contribution is -2.50. The molecule has 3 aliphatic rings. The molecule has 0 bridgehead atoms. The third-order valence-electron chi connectivity index (χ3n) is 4.36. The molecular formula is C14H24N2O3. The molecule has 1 aliphatic heterocycles. The van der Waals surface area contributed by atoms with Crippen LogP contribution in [0, 0.1) is 0 Å². The maximum Gasteiger partial charge on any atom is 0.237 e. The van der Waals surface area contributed by atoms with Crippen LogP contribution in [-0.2, 0) is 14.3 Å². The van der Waals surface area contributed by atoms with E-state index in [2.05, 4.69) is 10.6 Å². The van der Waals surface area contributed by atoms with Gasteiger partial charge in [-0.3, -0.25) is 4.79 Å². The highest BCUT2D eigenvalue weighted by atomic mass is 16.7. The van der Waals surface area contributed by atoms with Crippen molar-refractivity contribution >= 4 is 5.91 Å². The van der Waals surface area contributed by atoms with E-state index in [-0.39, 0.29) is 17.7 Å². The Morgan fingerprint density at radius 2 is 1.74 bits per heavy atom. The van der Waals surface area contributed by atoms with Crippen molar-refractivity contribution in [3.05, 3.63) is 0 Å². The standard InChI is InChI=1S/C14H24N2O3/c1-10(13(17)16-11-2-3-11)15-12-4-6-14(7-5-12)18-8-9-19-14/h10-12,15H,2-9H2,1H3,(H,16,17). The first-order valence-corrected chi connectivity index (χ1v) is 7.51. The van der Waals surface area contributed by atoms with Gasteiger partial charge in [0.05, 0.1) is 19.3 Å². The van der Waals surface area contributed by atoms with Gasteiger partial charge in [-0.1, -0.05) is 0 Å². The minimum Gasteiger partial charge on any atom is -0.352 e. The largest absolute Gasteiger partial charge is 0.352 e. The van der Waals surface area contributed by atoms with Crippen molar-refractivity contribution in [3.8, 4) is 0 Å². The van der Waals surface area contributed by atoms with E-state index in [1.54, 1.807) is 0 Å². The maximum atomic E-state index is 11.9. The first-order chi connectivity index (χ1) is 9.17. The Bertz CT molecular complexity index is 328. The summed E-state index contributed by atoms with van der Waals surface area (Å²) in [4.78, 5) is 11.9. The quantitative estimate of drug-likeness (QED) is 0.796. The van der Waals surface area contributed by atoms with Crippen LogP contribution in [0.4, 0.5) is 0 Å². The molecule has 0 aromatic rings. The molecule has 2 saturated carbocycles. The van der Waals surface area contributed by atoms with Gasteiger partial charge in [0.1, 0.15) is 0 Å². The third kappa shape index (κ3) is 3.27. The van der Waals surface area contributed by atoms with Gasteiger partial charge in [-0.05, 0) is 32.6 Å². The van der Waals surface area contributed by atoms with Gasteiger partial charge < -0.3 is 20.1 Å². The van der Waals surface area contributed by atoms with Gasteiger partial charge in [-0.2, -0.15) is 0 Å². The topological polar surface area (TPSA) is 59.6 Å². The molecular weight excluding hydrogens is 244 g/mol. The highest BCUT2D eigenvalue weighted by Gasteiger charge is 2.40. The summed E-state index contributed by atoms with van der Waals surface area (Å²) < 4.78 is 11.4. The van der Waals surface area contributed by atoms with Crippen molar-refractivity contribution in [2.24, 2.45) is 0 Å². The van der Waals surface area contributed by atoms with Crippen LogP contribution in [0.1, 0.15) is 45.4 Å². The van der Waals surface area contributed by atoms with Crippen LogP contribution in [-0.4, -0.2) is 43.0 Å². The van der Waals surface area contributed by atoms with E-state index in [9.17, 15) is 4.79 Å². The average Bonchev–Trinajstić information content (AvgIpc) is 3.11. The summed E-state index contributed by atoms with van der Waals surface area (Å²) in [6.07, 6.45) is 6.17. The van der Waals surface area contributed by atoms with Gasteiger partial charge in [-0.15, -0.1) is 0 Å². The maximum absolute atomic E-state index is 11.9. The molecule has 3 fully saturated rings. The molecule has 5 heteroatoms. The Labute approximate surface area is 114 Å². The molecule has 3 rings (SSSR count). The highest BCUT2D eigenvalue weighted by molar-refractivity contribution is 5.81. The van der Waals surface area contributed by atoms with Crippen LogP contribution in [0.25, 0.3) is 0 Å². The van der Waals surface area contributed by atoms with Crippen molar-refractivity contribution in [2.45, 2.75) is 69.4 Å². The van der Waals surface area contributed by atoms with Crippen molar-refractivity contribution < 1.29 is 14.3 Å². The van der Waals surface area contributed by atoms with Gasteiger partial charge in [0.25, 0.3) is 0 Å². The number of carbonyl (C=O) groups is 1. The van der Waals surface area contributed by atoms with Gasteiger partial charge in [0, 0.05) is 24.9 Å². The summed E-state index contributed by atoms with van der Waals surface area (Å²) in [6.45, 7) is 3.39. The predicted octanol–water partition coefficient (Wildman–Crippen LogP) is 0.929. The lowest BCUT2D eigenvalue weighted by atomic mass is 9.89. The lowest BCUT2D eigenvalue weighted by molar-refractivity contribution is -0.179. The Balaban J connectivity index is 1.42. The third-order valence-corrected chi connectivity index (χ3v) is 4.36. The molecule has 1 heterocycles. The Kier molecular flexibility index (Phi) is 3.78. The lowest BCUT2D eigenvalue weighted by Gasteiger charge is -2.36. The summed E-state index contributed by atoms with van der Waals surface area (Å²) in [5, 5.41) is 6.48. The number of carbonyl (C=O) groups excluding carboxylic acids is 1. The molecule has 108 valence electrons. The molecule has 1 atom stereocenters. The van der Waals surface area contributed by atoms with Gasteiger partial charge >= 0.3 is 0 Å². The fourth-order valence-corrected chi connectivity index (χ4v) is 2.99. The fourth-order valence-electron chi connectivity index (χ4n) is 2.99. The van der Waals surface area contributed by atoms with Gasteiger partial charge in [-0.25, -0.2) is 0 Å². The second-order valence-corrected chi connectivity index (χ2v) is 6.05. The number of hydrogen-bond donors (Lipinski definition) is 2. The highest BCUT2D eigenvalue weighted by Crippen LogP contribution is 2.35. The normalized spacial score (nSPS) is 28.5. The van der Waals surface area contributed by atoms with Crippen molar-refractivity contribution in [1.29, 1.82) is 0 Å². The zero-order valence-corrected chi connectivity index (χ0v) is 11.6. The monoisotopic (exact) mass is 268 g/mol. The van der Waals surface area contributed by atoms with Crippen molar-refractivity contribution in [1.82, 2.24) is 10.6 Å². The first kappa shape index (κ1) is 13.3. The zero-order chi connectivity index (χ0) is 13.3. The molecule has 1 amide bonds. The number of nitrogens with one attached hydrogen (secondary N) is 2. The van der Waals surface area contributed by atoms with Crippen LogP contribution >= 0.6 is 0 Å². The number of rotatable bonds is 4. The second kappa shape index (κ2) is 5.38. The van der Waals surface area contributed by atoms with Crippen LogP contribution < -0.4 is 10.6 Å². The SMILES string of the molecule is CC(NC1CCC2(CC1)OCCO2)C(=O)NC1CC1. The van der Waals surface area contributed by atoms with E-state index in [0.717, 1.165) is 51.7 Å².